The first-order valence-corrected chi connectivity index (χ1v) is 48.7. The molecule has 16 saturated carbocycles. The van der Waals surface area contributed by atoms with Gasteiger partial charge in [0.05, 0.1) is 25.7 Å². The largest absolute Gasteiger partial charge is 0.457 e. The first kappa shape index (κ1) is 79.1. The van der Waals surface area contributed by atoms with Crippen molar-refractivity contribution in [2.45, 2.75) is 237 Å². The molecule has 22 heteroatoms. The van der Waals surface area contributed by atoms with E-state index in [9.17, 15) is 19.2 Å². The summed E-state index contributed by atoms with van der Waals surface area (Å²) in [5.41, 5.74) is 1.34. The fourth-order valence-electron chi connectivity index (χ4n) is 27.1. The summed E-state index contributed by atoms with van der Waals surface area (Å²) in [6.07, 6.45) is 28.4. The highest BCUT2D eigenvalue weighted by molar-refractivity contribution is 8.35. The van der Waals surface area contributed by atoms with E-state index in [1.165, 1.54) is 77.0 Å². The zero-order chi connectivity index (χ0) is 79.3. The lowest BCUT2D eigenvalue weighted by Crippen LogP contribution is -2.47. The van der Waals surface area contributed by atoms with E-state index in [-0.39, 0.29) is 68.5 Å². The van der Waals surface area contributed by atoms with Crippen molar-refractivity contribution in [2.75, 3.05) is 32.3 Å². The molecule has 616 valence electrons. The van der Waals surface area contributed by atoms with Gasteiger partial charge in [0.15, 0.2) is 0 Å². The van der Waals surface area contributed by atoms with Crippen molar-refractivity contribution in [3.8, 4) is 23.0 Å². The molecule has 16 aliphatic rings. The first-order chi connectivity index (χ1) is 55.3. The van der Waals surface area contributed by atoms with Gasteiger partial charge in [-0.05, 0) is 368 Å². The fraction of sp³-hybridized carbons (Fsp3) is 0.570. The van der Waals surface area contributed by atoms with Gasteiger partial charge in [0.1, 0.15) is 23.0 Å². The zero-order valence-electron chi connectivity index (χ0n) is 66.9. The molecule has 0 heterocycles. The predicted molar refractivity (Wildman–Crippen MR) is 434 cm³/mol. The summed E-state index contributed by atoms with van der Waals surface area (Å²) in [7, 11) is -18.5. The van der Waals surface area contributed by atoms with Crippen molar-refractivity contribution >= 4 is 64.7 Å². The van der Waals surface area contributed by atoms with E-state index >= 15 is 16.8 Å². The standard InChI is InChI=1S/C93H112O18S4/c1-60-78(102-55-106-86(94)51-90-39-64-27-65(40-90)29-66(28-64)41-90)19-11-23-82(60)114(76-15-7-5-8-16-76,83-24-12-20-79(61(83)2)103-56-107-87(95)52-91-42-67-30-68(43-91)32-69(31-67)44-91)110-112(98,99)59-113(100,101)111-115(77-17-9-6-10-18-77,84-25-13-21-80(62(84)3)104-57-108-88(96)53-92-45-70-33-71(46-92)35-72(34-70)47-92)85-26-14-22-81(63(85)4)105-58-109-89(97)54-93-48-73-36-74(49-93)38-75(37-73)50-93/h5-26,64-75H,27-59H2,1-4H3. The summed E-state index contributed by atoms with van der Waals surface area (Å²) in [6, 6.07) is 38.1. The summed E-state index contributed by atoms with van der Waals surface area (Å²) in [5, 5.41) is -1.73. The third kappa shape index (κ3) is 16.0. The lowest BCUT2D eigenvalue weighted by Gasteiger charge is -2.56. The van der Waals surface area contributed by atoms with Crippen LogP contribution in [0.1, 0.15) is 202 Å². The summed E-state index contributed by atoms with van der Waals surface area (Å²) in [4.78, 5) is 57.7. The molecular weight excluding hydrogens is 1530 g/mol. The van der Waals surface area contributed by atoms with Gasteiger partial charge in [-0.3, -0.25) is 19.2 Å². The Bertz CT molecular complexity index is 4250. The average Bonchev–Trinajstić information content (AvgIpc) is 0.732. The predicted octanol–water partition coefficient (Wildman–Crippen LogP) is 20.6. The quantitative estimate of drug-likeness (QED) is 0.0217. The molecule has 0 amide bonds. The van der Waals surface area contributed by atoms with Gasteiger partial charge in [-0.1, -0.05) is 60.7 Å². The zero-order valence-corrected chi connectivity index (χ0v) is 70.2. The molecule has 0 aliphatic heterocycles. The van der Waals surface area contributed by atoms with Crippen LogP contribution in [0, 0.1) is 120 Å². The number of esters is 4. The number of carbonyl (C=O) groups is 4. The highest BCUT2D eigenvalue weighted by atomic mass is 32.3. The van der Waals surface area contributed by atoms with Gasteiger partial charge < -0.3 is 37.9 Å². The lowest BCUT2D eigenvalue weighted by molar-refractivity contribution is -0.159. The monoisotopic (exact) mass is 1640 g/mol. The molecule has 16 fully saturated rings. The van der Waals surface area contributed by atoms with Crippen LogP contribution in [0.25, 0.3) is 0 Å². The maximum Gasteiger partial charge on any atom is 0.309 e. The average molecular weight is 1650 g/mol. The molecule has 0 N–H and O–H groups in total. The molecule has 22 rings (SSSR count). The molecule has 16 bridgehead atoms. The molecule has 0 radical (unpaired) electrons. The van der Waals surface area contributed by atoms with Crippen LogP contribution in [0.2, 0.25) is 0 Å². The summed E-state index contributed by atoms with van der Waals surface area (Å²) >= 11 is 0. The number of rotatable bonds is 32. The Labute approximate surface area is 681 Å². The van der Waals surface area contributed by atoms with Crippen LogP contribution in [0.5, 0.6) is 23.0 Å². The maximum absolute atomic E-state index is 16.3. The van der Waals surface area contributed by atoms with E-state index in [2.05, 4.69) is 0 Å². The van der Waals surface area contributed by atoms with Crippen LogP contribution in [-0.4, -0.2) is 73.0 Å². The highest BCUT2D eigenvalue weighted by Gasteiger charge is 2.57. The van der Waals surface area contributed by atoms with Crippen LogP contribution in [0.4, 0.5) is 0 Å². The van der Waals surface area contributed by atoms with Crippen LogP contribution < -0.4 is 18.9 Å². The lowest BCUT2D eigenvalue weighted by atomic mass is 9.49. The van der Waals surface area contributed by atoms with Crippen molar-refractivity contribution in [1.29, 1.82) is 0 Å². The summed E-state index contributed by atoms with van der Waals surface area (Å²) in [6.45, 7) is 5.33. The van der Waals surface area contributed by atoms with Crippen LogP contribution >= 0.6 is 20.6 Å². The minimum Gasteiger partial charge on any atom is -0.457 e. The van der Waals surface area contributed by atoms with Gasteiger partial charge in [0, 0.05) is 51.6 Å². The second-order valence-electron chi connectivity index (χ2n) is 38.1. The third-order valence-electron chi connectivity index (χ3n) is 29.5. The molecular formula is C93H112O18S4. The van der Waals surface area contributed by atoms with Crippen molar-refractivity contribution in [1.82, 2.24) is 0 Å². The Balaban J connectivity index is 0.676. The van der Waals surface area contributed by atoms with E-state index in [0.29, 0.717) is 148 Å². The van der Waals surface area contributed by atoms with Gasteiger partial charge in [0.25, 0.3) is 20.2 Å². The summed E-state index contributed by atoms with van der Waals surface area (Å²) in [5.74, 6) is 7.37. The molecule has 18 nitrogen and oxygen atoms in total. The molecule has 0 unspecified atom stereocenters. The van der Waals surface area contributed by atoms with Crippen molar-refractivity contribution in [3.63, 3.8) is 0 Å². The number of hydrogen-bond donors (Lipinski definition) is 0. The molecule has 0 aromatic heterocycles. The molecule has 0 saturated heterocycles. The van der Waals surface area contributed by atoms with Crippen molar-refractivity contribution in [3.05, 3.63) is 156 Å². The smallest absolute Gasteiger partial charge is 0.309 e. The molecule has 16 aliphatic carbocycles. The second kappa shape index (κ2) is 31.3. The highest BCUT2D eigenvalue weighted by Crippen LogP contribution is 2.75. The van der Waals surface area contributed by atoms with Gasteiger partial charge in [-0.15, -0.1) is 0 Å². The Hall–Kier alpha value is -7.08. The normalized spacial score (nSPS) is 32.3. The van der Waals surface area contributed by atoms with Gasteiger partial charge in [0.2, 0.25) is 32.3 Å². The molecule has 0 spiro atoms. The van der Waals surface area contributed by atoms with Crippen LogP contribution in [0.3, 0.4) is 0 Å². The minimum absolute atomic E-state index is 0.0760. The topological polar surface area (TPSA) is 229 Å². The minimum atomic E-state index is -5.46. The Morgan fingerprint density at radius 2 is 0.487 bits per heavy atom. The van der Waals surface area contributed by atoms with E-state index < -0.39 is 73.1 Å². The number of hydrogen-bond acceptors (Lipinski definition) is 18. The van der Waals surface area contributed by atoms with Crippen LogP contribution in [-0.2, 0) is 65.6 Å². The number of ether oxygens (including phenoxy) is 8. The third-order valence-corrected chi connectivity index (χ3v) is 41.2. The Morgan fingerprint density at radius 1 is 0.287 bits per heavy atom. The Morgan fingerprint density at radius 3 is 0.687 bits per heavy atom. The second-order valence-corrected chi connectivity index (χ2v) is 47.3. The van der Waals surface area contributed by atoms with Crippen molar-refractivity contribution in [2.24, 2.45) is 92.7 Å². The Kier molecular flexibility index (Phi) is 21.5. The molecule has 6 aromatic rings. The molecule has 6 aromatic carbocycles. The molecule has 0 atom stereocenters. The van der Waals surface area contributed by atoms with E-state index in [0.717, 1.165) is 77.0 Å². The first-order valence-electron chi connectivity index (χ1n) is 42.5. The van der Waals surface area contributed by atoms with E-state index in [1.807, 2.05) is 0 Å². The maximum atomic E-state index is 16.3. The SMILES string of the molecule is Cc1c(OCOC(=O)CC23CC4CC(CC(C4)C2)C3)cccc1S(OS(=O)(=O)CS(=O)(=O)OS(c1ccccc1)(c1cccc(OCOC(=O)CC23CC4CC(CC(C4)C2)C3)c1C)c1cccc(OCOC(=O)CC23CC4CC(CC(C4)C2)C3)c1C)(c1ccccc1)c1cccc(OCOC(=O)CC23CC4CC(CC(C4)C2)C3)c1C. The molecule has 115 heavy (non-hydrogen) atoms. The van der Waals surface area contributed by atoms with E-state index in [4.69, 9.17) is 45.2 Å². The number of carbonyl (C=O) groups excluding carboxylic acids is 4. The summed E-state index contributed by atoms with van der Waals surface area (Å²) < 4.78 is 129. The van der Waals surface area contributed by atoms with Crippen LogP contribution in [0.15, 0.2) is 163 Å². The van der Waals surface area contributed by atoms with Crippen molar-refractivity contribution < 1.29 is 81.2 Å². The van der Waals surface area contributed by atoms with Gasteiger partial charge in [-0.2, -0.15) is 16.8 Å². The van der Waals surface area contributed by atoms with Gasteiger partial charge >= 0.3 is 23.9 Å². The van der Waals surface area contributed by atoms with Gasteiger partial charge in [-0.25, -0.2) is 7.26 Å². The number of benzene rings is 6. The van der Waals surface area contributed by atoms with E-state index in [1.54, 1.807) is 161 Å². The fourth-order valence-corrected chi connectivity index (χ4v) is 39.6.